The summed E-state index contributed by atoms with van der Waals surface area (Å²) in [6.07, 6.45) is 2.18. The van der Waals surface area contributed by atoms with E-state index in [4.69, 9.17) is 0 Å². The number of nitrogens with one attached hydrogen (secondary N) is 1. The molecule has 1 atom stereocenters. The lowest BCUT2D eigenvalue weighted by atomic mass is 9.98. The molecule has 0 radical (unpaired) electrons. The number of pyridine rings is 1. The number of amides is 1. The number of anilines is 1. The Hall–Kier alpha value is -1.62. The Kier molecular flexibility index (Phi) is 4.60. The van der Waals surface area contributed by atoms with Crippen molar-refractivity contribution in [1.29, 1.82) is 0 Å². The third-order valence-corrected chi connectivity index (χ3v) is 3.68. The second-order valence-corrected chi connectivity index (χ2v) is 5.58. The van der Waals surface area contributed by atoms with Crippen molar-refractivity contribution in [2.75, 3.05) is 25.0 Å². The zero-order valence-electron chi connectivity index (χ0n) is 12.2. The summed E-state index contributed by atoms with van der Waals surface area (Å²) < 4.78 is 0. The minimum Gasteiger partial charge on any atom is -0.390 e. The molecule has 1 saturated heterocycles. The van der Waals surface area contributed by atoms with Crippen LogP contribution in [0, 0.1) is 0 Å². The fourth-order valence-electron chi connectivity index (χ4n) is 2.46. The first-order chi connectivity index (χ1) is 9.52. The minimum atomic E-state index is -0.659. The van der Waals surface area contributed by atoms with E-state index < -0.39 is 5.60 Å². The molecule has 0 bridgehead atoms. The van der Waals surface area contributed by atoms with Crippen molar-refractivity contribution in [2.45, 2.75) is 38.7 Å². The Labute approximate surface area is 120 Å². The normalized spacial score (nSPS) is 23.2. The topological polar surface area (TPSA) is 65.5 Å². The number of likely N-dealkylation sites (tertiary alicyclic amines) is 1. The van der Waals surface area contributed by atoms with Gasteiger partial charge in [-0.3, -0.25) is 4.79 Å². The lowest BCUT2D eigenvalue weighted by Gasteiger charge is -2.22. The highest BCUT2D eigenvalue weighted by Gasteiger charge is 2.27. The first-order valence-corrected chi connectivity index (χ1v) is 7.24. The van der Waals surface area contributed by atoms with Crippen LogP contribution in [-0.2, 0) is 0 Å². The van der Waals surface area contributed by atoms with Gasteiger partial charge in [0.15, 0.2) is 0 Å². The van der Waals surface area contributed by atoms with Gasteiger partial charge in [-0.1, -0.05) is 6.07 Å². The van der Waals surface area contributed by atoms with Gasteiger partial charge in [-0.15, -0.1) is 0 Å². The van der Waals surface area contributed by atoms with Crippen molar-refractivity contribution >= 4 is 11.7 Å². The number of rotatable bonds is 3. The molecule has 1 aromatic heterocycles. The van der Waals surface area contributed by atoms with Gasteiger partial charge in [0, 0.05) is 19.6 Å². The predicted octanol–water partition coefficient (Wildman–Crippen LogP) is 1.89. The summed E-state index contributed by atoms with van der Waals surface area (Å²) in [6, 6.07) is 5.44. The van der Waals surface area contributed by atoms with Gasteiger partial charge >= 0.3 is 0 Å². The molecule has 1 fully saturated rings. The average molecular weight is 277 g/mol. The molecule has 5 heteroatoms. The van der Waals surface area contributed by atoms with E-state index in [-0.39, 0.29) is 5.91 Å². The standard InChI is InChI=1S/C15H23N3O2/c1-3-16-13-7-4-6-12(17-13)14(19)18-10-5-8-15(2,20)9-11-18/h4,6-7,20H,3,5,8-11H2,1-2H3,(H,16,17). The zero-order valence-corrected chi connectivity index (χ0v) is 12.2. The Morgan fingerprint density at radius 1 is 1.45 bits per heavy atom. The van der Waals surface area contributed by atoms with Gasteiger partial charge in [0.05, 0.1) is 5.60 Å². The third kappa shape index (κ3) is 3.70. The minimum absolute atomic E-state index is 0.0533. The van der Waals surface area contributed by atoms with E-state index in [2.05, 4.69) is 10.3 Å². The highest BCUT2D eigenvalue weighted by Crippen LogP contribution is 2.22. The fraction of sp³-hybridized carbons (Fsp3) is 0.600. The van der Waals surface area contributed by atoms with E-state index in [0.29, 0.717) is 25.2 Å². The van der Waals surface area contributed by atoms with Crippen LogP contribution in [0.3, 0.4) is 0 Å². The maximum absolute atomic E-state index is 12.5. The van der Waals surface area contributed by atoms with Gasteiger partial charge in [-0.2, -0.15) is 0 Å². The van der Waals surface area contributed by atoms with Crippen molar-refractivity contribution in [3.63, 3.8) is 0 Å². The van der Waals surface area contributed by atoms with E-state index in [1.54, 1.807) is 11.0 Å². The number of aliphatic hydroxyl groups is 1. The fourth-order valence-corrected chi connectivity index (χ4v) is 2.46. The number of hydrogen-bond acceptors (Lipinski definition) is 4. The average Bonchev–Trinajstić information content (AvgIpc) is 2.60. The van der Waals surface area contributed by atoms with E-state index in [1.807, 2.05) is 26.0 Å². The van der Waals surface area contributed by atoms with Gasteiger partial charge in [0.25, 0.3) is 5.91 Å². The maximum Gasteiger partial charge on any atom is 0.272 e. The Morgan fingerprint density at radius 3 is 3.00 bits per heavy atom. The van der Waals surface area contributed by atoms with Gasteiger partial charge in [-0.25, -0.2) is 4.98 Å². The monoisotopic (exact) mass is 277 g/mol. The third-order valence-electron chi connectivity index (χ3n) is 3.68. The molecular weight excluding hydrogens is 254 g/mol. The second kappa shape index (κ2) is 6.22. The number of carbonyl (C=O) groups is 1. The summed E-state index contributed by atoms with van der Waals surface area (Å²) in [6.45, 7) is 5.87. The number of hydrogen-bond donors (Lipinski definition) is 2. The van der Waals surface area contributed by atoms with Crippen LogP contribution >= 0.6 is 0 Å². The largest absolute Gasteiger partial charge is 0.390 e. The summed E-state index contributed by atoms with van der Waals surface area (Å²) in [5, 5.41) is 13.2. The van der Waals surface area contributed by atoms with Gasteiger partial charge < -0.3 is 15.3 Å². The van der Waals surface area contributed by atoms with E-state index >= 15 is 0 Å². The van der Waals surface area contributed by atoms with E-state index in [1.165, 1.54) is 0 Å². The molecule has 1 amide bonds. The Balaban J connectivity index is 2.08. The highest BCUT2D eigenvalue weighted by molar-refractivity contribution is 5.92. The second-order valence-electron chi connectivity index (χ2n) is 5.58. The number of carbonyl (C=O) groups excluding carboxylic acids is 1. The molecule has 0 aromatic carbocycles. The van der Waals surface area contributed by atoms with Crippen molar-refractivity contribution < 1.29 is 9.90 Å². The number of aromatic nitrogens is 1. The molecule has 1 aromatic rings. The van der Waals surface area contributed by atoms with Crippen molar-refractivity contribution in [3.05, 3.63) is 23.9 Å². The summed E-state index contributed by atoms with van der Waals surface area (Å²) >= 11 is 0. The van der Waals surface area contributed by atoms with Crippen LogP contribution in [0.4, 0.5) is 5.82 Å². The lowest BCUT2D eigenvalue weighted by Crippen LogP contribution is -2.34. The van der Waals surface area contributed by atoms with Crippen LogP contribution in [-0.4, -0.2) is 46.1 Å². The molecule has 1 aliphatic rings. The molecule has 2 N–H and O–H groups in total. The predicted molar refractivity (Wildman–Crippen MR) is 78.8 cm³/mol. The first kappa shape index (κ1) is 14.8. The molecule has 110 valence electrons. The number of nitrogens with zero attached hydrogens (tertiary/aromatic N) is 2. The Morgan fingerprint density at radius 2 is 2.25 bits per heavy atom. The molecule has 1 aliphatic heterocycles. The van der Waals surface area contributed by atoms with Crippen LogP contribution in [0.25, 0.3) is 0 Å². The first-order valence-electron chi connectivity index (χ1n) is 7.24. The zero-order chi connectivity index (χ0) is 14.6. The van der Waals surface area contributed by atoms with Crippen LogP contribution in [0.15, 0.2) is 18.2 Å². The van der Waals surface area contributed by atoms with Crippen molar-refractivity contribution in [3.8, 4) is 0 Å². The molecule has 0 aliphatic carbocycles. The molecule has 0 saturated carbocycles. The lowest BCUT2D eigenvalue weighted by molar-refractivity contribution is 0.0437. The summed E-state index contributed by atoms with van der Waals surface area (Å²) in [7, 11) is 0. The van der Waals surface area contributed by atoms with Crippen LogP contribution in [0.5, 0.6) is 0 Å². The highest BCUT2D eigenvalue weighted by atomic mass is 16.3. The van der Waals surface area contributed by atoms with Crippen LogP contribution < -0.4 is 5.32 Å². The van der Waals surface area contributed by atoms with Crippen molar-refractivity contribution in [1.82, 2.24) is 9.88 Å². The van der Waals surface area contributed by atoms with Crippen molar-refractivity contribution in [2.24, 2.45) is 0 Å². The molecule has 0 spiro atoms. The van der Waals surface area contributed by atoms with Gasteiger partial charge in [0.2, 0.25) is 0 Å². The summed E-state index contributed by atoms with van der Waals surface area (Å²) in [5.41, 5.74) is -0.196. The van der Waals surface area contributed by atoms with E-state index in [9.17, 15) is 9.90 Å². The molecule has 2 heterocycles. The smallest absolute Gasteiger partial charge is 0.272 e. The molecule has 2 rings (SSSR count). The maximum atomic E-state index is 12.5. The van der Waals surface area contributed by atoms with Crippen LogP contribution in [0.1, 0.15) is 43.6 Å². The Bertz CT molecular complexity index is 474. The SMILES string of the molecule is CCNc1cccc(C(=O)N2CCCC(C)(O)CC2)n1. The molecule has 5 nitrogen and oxygen atoms in total. The summed E-state index contributed by atoms with van der Waals surface area (Å²) in [5.74, 6) is 0.669. The summed E-state index contributed by atoms with van der Waals surface area (Å²) in [4.78, 5) is 18.6. The van der Waals surface area contributed by atoms with Gasteiger partial charge in [-0.05, 0) is 45.2 Å². The van der Waals surface area contributed by atoms with Gasteiger partial charge in [0.1, 0.15) is 11.5 Å². The molecule has 20 heavy (non-hydrogen) atoms. The quantitative estimate of drug-likeness (QED) is 0.885. The molecular formula is C15H23N3O2. The molecule has 1 unspecified atom stereocenters. The van der Waals surface area contributed by atoms with Crippen LogP contribution in [0.2, 0.25) is 0 Å². The van der Waals surface area contributed by atoms with E-state index in [0.717, 1.165) is 25.2 Å².